The number of sulfonamides is 1. The Bertz CT molecular complexity index is 1390. The molecule has 0 heterocycles. The Labute approximate surface area is 204 Å². The molecule has 2 N–H and O–H groups in total. The van der Waals surface area contributed by atoms with Crippen LogP contribution >= 0.6 is 11.6 Å². The third-order valence-electron chi connectivity index (χ3n) is 5.33. The molecule has 4 aromatic carbocycles. The lowest BCUT2D eigenvalue weighted by molar-refractivity contribution is 0.0951. The van der Waals surface area contributed by atoms with Gasteiger partial charge in [0, 0.05) is 23.7 Å². The van der Waals surface area contributed by atoms with Crippen molar-refractivity contribution in [2.75, 3.05) is 0 Å². The molecule has 0 fully saturated rings. The van der Waals surface area contributed by atoms with Crippen LogP contribution in [0.5, 0.6) is 0 Å². The molecule has 0 radical (unpaired) electrons. The molecule has 0 spiro atoms. The van der Waals surface area contributed by atoms with Gasteiger partial charge in [-0.25, -0.2) is 13.1 Å². The van der Waals surface area contributed by atoms with E-state index >= 15 is 0 Å². The van der Waals surface area contributed by atoms with Crippen molar-refractivity contribution in [2.24, 2.45) is 0 Å². The zero-order valence-electron chi connectivity index (χ0n) is 18.2. The molecule has 0 saturated carbocycles. The summed E-state index contributed by atoms with van der Waals surface area (Å²) in [5.74, 6) is -0.217. The molecule has 0 unspecified atom stereocenters. The molecule has 7 heteroatoms. The lowest BCUT2D eigenvalue weighted by atomic mass is 10.0. The van der Waals surface area contributed by atoms with Crippen molar-refractivity contribution in [2.45, 2.75) is 18.0 Å². The number of carbonyl (C=O) groups excluding carboxylic acids is 1. The summed E-state index contributed by atoms with van der Waals surface area (Å²) in [6, 6.07) is 30.5. The summed E-state index contributed by atoms with van der Waals surface area (Å²) < 4.78 is 27.9. The van der Waals surface area contributed by atoms with Gasteiger partial charge >= 0.3 is 0 Å². The van der Waals surface area contributed by atoms with E-state index in [2.05, 4.69) is 10.0 Å². The van der Waals surface area contributed by atoms with Crippen LogP contribution in [0.4, 0.5) is 0 Å². The molecule has 0 bridgehead atoms. The smallest absolute Gasteiger partial charge is 0.251 e. The number of rotatable bonds is 8. The van der Waals surface area contributed by atoms with Gasteiger partial charge in [0.1, 0.15) is 0 Å². The Morgan fingerprint density at radius 1 is 0.735 bits per heavy atom. The number of halogens is 1. The van der Waals surface area contributed by atoms with Crippen molar-refractivity contribution < 1.29 is 13.2 Å². The van der Waals surface area contributed by atoms with E-state index in [4.69, 9.17) is 11.6 Å². The van der Waals surface area contributed by atoms with Gasteiger partial charge < -0.3 is 5.32 Å². The number of hydrogen-bond acceptors (Lipinski definition) is 3. The van der Waals surface area contributed by atoms with Gasteiger partial charge in [0.15, 0.2) is 0 Å². The normalized spacial score (nSPS) is 11.2. The van der Waals surface area contributed by atoms with Crippen LogP contribution in [0.1, 0.15) is 21.5 Å². The molecule has 34 heavy (non-hydrogen) atoms. The van der Waals surface area contributed by atoms with Crippen LogP contribution in [0.2, 0.25) is 5.02 Å². The number of hydrogen-bond donors (Lipinski definition) is 2. The second-order valence-electron chi connectivity index (χ2n) is 7.69. The Balaban J connectivity index is 1.44. The second-order valence-corrected chi connectivity index (χ2v) is 9.86. The van der Waals surface area contributed by atoms with E-state index in [0.29, 0.717) is 17.1 Å². The second kappa shape index (κ2) is 10.7. The summed E-state index contributed by atoms with van der Waals surface area (Å²) in [6.45, 7) is 0.543. The first kappa shape index (κ1) is 23.7. The largest absolute Gasteiger partial charge is 0.348 e. The van der Waals surface area contributed by atoms with Crippen LogP contribution in [0.3, 0.4) is 0 Å². The summed E-state index contributed by atoms with van der Waals surface area (Å²) in [5.41, 5.74) is 3.85. The standard InChI is InChI=1S/C27H23ClN2O3S/c28-26-12-5-4-9-24(26)19-29-27(31)23-11-6-10-22(17-23)21-13-15-25(16-14-21)34(32,33)30-18-20-7-2-1-3-8-20/h1-17,30H,18-19H2,(H,29,31). The van der Waals surface area contributed by atoms with Crippen LogP contribution in [-0.4, -0.2) is 14.3 Å². The van der Waals surface area contributed by atoms with Crippen molar-refractivity contribution in [3.8, 4) is 11.1 Å². The minimum absolute atomic E-state index is 0.181. The van der Waals surface area contributed by atoms with Gasteiger partial charge in [-0.1, -0.05) is 84.4 Å². The van der Waals surface area contributed by atoms with Crippen LogP contribution < -0.4 is 10.0 Å². The third-order valence-corrected chi connectivity index (χ3v) is 7.11. The maximum atomic E-state index is 12.6. The summed E-state index contributed by atoms with van der Waals surface area (Å²) in [7, 11) is -3.64. The van der Waals surface area contributed by atoms with Crippen LogP contribution in [-0.2, 0) is 23.1 Å². The van der Waals surface area contributed by atoms with Gasteiger partial charge in [-0.15, -0.1) is 0 Å². The minimum atomic E-state index is -3.64. The van der Waals surface area contributed by atoms with Crippen LogP contribution in [0.15, 0.2) is 108 Å². The molecule has 0 aliphatic carbocycles. The van der Waals surface area contributed by atoms with Crippen LogP contribution in [0.25, 0.3) is 11.1 Å². The number of carbonyl (C=O) groups is 1. The predicted octanol–water partition coefficient (Wildman–Crippen LogP) is 5.42. The molecule has 4 aromatic rings. The Kier molecular flexibility index (Phi) is 7.43. The molecule has 0 saturated heterocycles. The van der Waals surface area contributed by atoms with E-state index in [1.165, 1.54) is 0 Å². The van der Waals surface area contributed by atoms with Crippen molar-refractivity contribution >= 4 is 27.5 Å². The highest BCUT2D eigenvalue weighted by Crippen LogP contribution is 2.23. The van der Waals surface area contributed by atoms with Gasteiger partial charge in [0.2, 0.25) is 10.0 Å². The Hall–Kier alpha value is -3.45. The SMILES string of the molecule is O=C(NCc1ccccc1Cl)c1cccc(-c2ccc(S(=O)(=O)NCc3ccccc3)cc2)c1. The first-order chi connectivity index (χ1) is 16.4. The first-order valence-electron chi connectivity index (χ1n) is 10.7. The van der Waals surface area contributed by atoms with E-state index in [0.717, 1.165) is 22.3 Å². The van der Waals surface area contributed by atoms with Gasteiger partial charge in [-0.05, 0) is 52.6 Å². The molecule has 0 atom stereocenters. The maximum absolute atomic E-state index is 12.6. The number of amides is 1. The van der Waals surface area contributed by atoms with Gasteiger partial charge in [-0.3, -0.25) is 4.79 Å². The lowest BCUT2D eigenvalue weighted by Crippen LogP contribution is -2.23. The van der Waals surface area contributed by atoms with Crippen LogP contribution in [0, 0.1) is 0 Å². The fourth-order valence-electron chi connectivity index (χ4n) is 3.44. The van der Waals surface area contributed by atoms with Crippen molar-refractivity contribution in [1.29, 1.82) is 0 Å². The fourth-order valence-corrected chi connectivity index (χ4v) is 4.66. The quantitative estimate of drug-likeness (QED) is 0.346. The third kappa shape index (κ3) is 5.91. The molecule has 5 nitrogen and oxygen atoms in total. The molecule has 1 amide bonds. The predicted molar refractivity (Wildman–Crippen MR) is 135 cm³/mol. The summed E-state index contributed by atoms with van der Waals surface area (Å²) >= 11 is 6.16. The van der Waals surface area contributed by atoms with Gasteiger partial charge in [0.25, 0.3) is 5.91 Å². The topological polar surface area (TPSA) is 75.3 Å². The molecule has 172 valence electrons. The summed E-state index contributed by atoms with van der Waals surface area (Å²) in [4.78, 5) is 12.8. The fraction of sp³-hybridized carbons (Fsp3) is 0.0741. The average Bonchev–Trinajstić information content (AvgIpc) is 2.88. The summed E-state index contributed by atoms with van der Waals surface area (Å²) in [6.07, 6.45) is 0. The number of nitrogens with one attached hydrogen (secondary N) is 2. The highest BCUT2D eigenvalue weighted by atomic mass is 35.5. The van der Waals surface area contributed by atoms with E-state index < -0.39 is 10.0 Å². The van der Waals surface area contributed by atoms with E-state index in [-0.39, 0.29) is 17.3 Å². The highest BCUT2D eigenvalue weighted by Gasteiger charge is 2.14. The zero-order valence-corrected chi connectivity index (χ0v) is 19.8. The Morgan fingerprint density at radius 2 is 1.44 bits per heavy atom. The summed E-state index contributed by atoms with van der Waals surface area (Å²) in [5, 5.41) is 3.48. The van der Waals surface area contributed by atoms with Gasteiger partial charge in [-0.2, -0.15) is 0 Å². The monoisotopic (exact) mass is 490 g/mol. The van der Waals surface area contributed by atoms with Crippen molar-refractivity contribution in [1.82, 2.24) is 10.0 Å². The van der Waals surface area contributed by atoms with E-state index in [9.17, 15) is 13.2 Å². The number of benzene rings is 4. The maximum Gasteiger partial charge on any atom is 0.251 e. The lowest BCUT2D eigenvalue weighted by Gasteiger charge is -2.10. The minimum Gasteiger partial charge on any atom is -0.348 e. The molecule has 0 aliphatic rings. The van der Waals surface area contributed by atoms with Crippen molar-refractivity contribution in [3.05, 3.63) is 125 Å². The van der Waals surface area contributed by atoms with Crippen molar-refractivity contribution in [3.63, 3.8) is 0 Å². The zero-order chi connectivity index (χ0) is 24.0. The van der Waals surface area contributed by atoms with Gasteiger partial charge in [0.05, 0.1) is 4.90 Å². The molecule has 0 aromatic heterocycles. The average molecular weight is 491 g/mol. The highest BCUT2D eigenvalue weighted by molar-refractivity contribution is 7.89. The molecule has 0 aliphatic heterocycles. The van der Waals surface area contributed by atoms with E-state index in [1.54, 1.807) is 48.5 Å². The van der Waals surface area contributed by atoms with E-state index in [1.807, 2.05) is 54.6 Å². The molecule has 4 rings (SSSR count). The molecular weight excluding hydrogens is 468 g/mol. The molecular formula is C27H23ClN2O3S. The first-order valence-corrected chi connectivity index (χ1v) is 12.5. The Morgan fingerprint density at radius 3 is 2.18 bits per heavy atom.